The molecule has 1 aromatic carbocycles. The van der Waals surface area contributed by atoms with Crippen LogP contribution < -0.4 is 10.2 Å². The number of nitrogens with zero attached hydrogens (tertiary/aromatic N) is 2. The van der Waals surface area contributed by atoms with Crippen molar-refractivity contribution in [3.63, 3.8) is 0 Å². The molecule has 0 saturated carbocycles. The first-order chi connectivity index (χ1) is 11.4. The largest absolute Gasteiger partial charge is 0.372 e. The van der Waals surface area contributed by atoms with Crippen LogP contribution >= 0.6 is 0 Å². The molecule has 0 atom stereocenters. The maximum absolute atomic E-state index is 12.2. The minimum absolute atomic E-state index is 0.0180. The molecule has 0 saturated heterocycles. The highest BCUT2D eigenvalue weighted by Crippen LogP contribution is 2.22. The van der Waals surface area contributed by atoms with Crippen LogP contribution in [0.2, 0.25) is 0 Å². The maximum Gasteiger partial charge on any atom is 0.226 e. The van der Waals surface area contributed by atoms with E-state index in [1.807, 2.05) is 26.0 Å². The van der Waals surface area contributed by atoms with E-state index in [-0.39, 0.29) is 11.8 Å². The summed E-state index contributed by atoms with van der Waals surface area (Å²) >= 11 is 0. The van der Waals surface area contributed by atoms with Gasteiger partial charge in [0.2, 0.25) is 11.8 Å². The van der Waals surface area contributed by atoms with Gasteiger partial charge in [-0.15, -0.1) is 0 Å². The lowest BCUT2D eigenvalue weighted by Gasteiger charge is -2.22. The number of benzene rings is 1. The number of carbonyl (C=O) groups excluding carboxylic acids is 2. The van der Waals surface area contributed by atoms with Gasteiger partial charge in [-0.3, -0.25) is 9.59 Å². The van der Waals surface area contributed by atoms with Crippen molar-refractivity contribution in [2.75, 3.05) is 36.4 Å². The van der Waals surface area contributed by atoms with Gasteiger partial charge < -0.3 is 15.1 Å². The van der Waals surface area contributed by atoms with E-state index in [4.69, 9.17) is 0 Å². The van der Waals surface area contributed by atoms with E-state index in [0.29, 0.717) is 19.5 Å². The molecule has 5 nitrogen and oxygen atoms in total. The van der Waals surface area contributed by atoms with Crippen molar-refractivity contribution < 1.29 is 9.59 Å². The summed E-state index contributed by atoms with van der Waals surface area (Å²) in [6.07, 6.45) is 1.21. The van der Waals surface area contributed by atoms with E-state index in [9.17, 15) is 9.59 Å². The summed E-state index contributed by atoms with van der Waals surface area (Å²) in [6.45, 7) is 12.9. The molecule has 0 unspecified atom stereocenters. The SMILES string of the molecule is CCCN(CCC(=O)Nc1ccc(N(CC)CC)cc1C)C(C)=O. The van der Waals surface area contributed by atoms with Gasteiger partial charge in [0.1, 0.15) is 0 Å². The molecule has 1 aromatic rings. The Labute approximate surface area is 146 Å². The first-order valence-corrected chi connectivity index (χ1v) is 8.83. The van der Waals surface area contributed by atoms with Gasteiger partial charge in [0.25, 0.3) is 0 Å². The Kier molecular flexibility index (Phi) is 8.30. The van der Waals surface area contributed by atoms with Crippen molar-refractivity contribution in [2.24, 2.45) is 0 Å². The van der Waals surface area contributed by atoms with E-state index in [1.54, 1.807) is 11.8 Å². The van der Waals surface area contributed by atoms with Crippen LogP contribution in [0.1, 0.15) is 46.1 Å². The van der Waals surface area contributed by atoms with Crippen LogP contribution in [0.4, 0.5) is 11.4 Å². The first-order valence-electron chi connectivity index (χ1n) is 8.83. The summed E-state index contributed by atoms with van der Waals surface area (Å²) in [6, 6.07) is 6.09. The molecular weight excluding hydrogens is 302 g/mol. The number of anilines is 2. The molecule has 0 aliphatic heterocycles. The van der Waals surface area contributed by atoms with E-state index < -0.39 is 0 Å². The second-order valence-corrected chi connectivity index (χ2v) is 5.98. The van der Waals surface area contributed by atoms with Crippen molar-refractivity contribution in [3.8, 4) is 0 Å². The standard InChI is InChI=1S/C19H31N3O2/c1-6-12-22(16(5)23)13-11-19(24)20-18-10-9-17(14-15(18)4)21(7-2)8-3/h9-10,14H,6-8,11-13H2,1-5H3,(H,20,24). The molecule has 2 amide bonds. The van der Waals surface area contributed by atoms with E-state index in [0.717, 1.165) is 30.8 Å². The summed E-state index contributed by atoms with van der Waals surface area (Å²) in [7, 11) is 0. The lowest BCUT2D eigenvalue weighted by Crippen LogP contribution is -2.32. The number of hydrogen-bond donors (Lipinski definition) is 1. The minimum Gasteiger partial charge on any atom is -0.372 e. The first kappa shape index (κ1) is 20.0. The van der Waals surface area contributed by atoms with Crippen LogP contribution in [0.15, 0.2) is 18.2 Å². The topological polar surface area (TPSA) is 52.7 Å². The van der Waals surface area contributed by atoms with E-state index in [2.05, 4.69) is 30.1 Å². The molecule has 0 heterocycles. The van der Waals surface area contributed by atoms with Crippen LogP contribution in [0.25, 0.3) is 0 Å². The summed E-state index contributed by atoms with van der Waals surface area (Å²) in [5.74, 6) is -0.0413. The molecular formula is C19H31N3O2. The Balaban J connectivity index is 2.65. The lowest BCUT2D eigenvalue weighted by atomic mass is 10.1. The predicted octanol–water partition coefficient (Wildman–Crippen LogP) is 3.43. The molecule has 0 aliphatic rings. The van der Waals surface area contributed by atoms with Crippen molar-refractivity contribution in [3.05, 3.63) is 23.8 Å². The maximum atomic E-state index is 12.2. The molecule has 0 spiro atoms. The van der Waals surface area contributed by atoms with Crippen LogP contribution in [-0.4, -0.2) is 42.9 Å². The highest BCUT2D eigenvalue weighted by molar-refractivity contribution is 5.92. The van der Waals surface area contributed by atoms with Crippen LogP contribution in [-0.2, 0) is 9.59 Å². The van der Waals surface area contributed by atoms with Crippen LogP contribution in [0.3, 0.4) is 0 Å². The summed E-state index contributed by atoms with van der Waals surface area (Å²) < 4.78 is 0. The molecule has 0 aromatic heterocycles. The molecule has 24 heavy (non-hydrogen) atoms. The fourth-order valence-electron chi connectivity index (χ4n) is 2.72. The molecule has 0 radical (unpaired) electrons. The zero-order chi connectivity index (χ0) is 18.1. The van der Waals surface area contributed by atoms with Gasteiger partial charge in [-0.1, -0.05) is 6.92 Å². The Morgan fingerprint density at radius 3 is 2.25 bits per heavy atom. The number of hydrogen-bond acceptors (Lipinski definition) is 3. The Morgan fingerprint density at radius 1 is 1.08 bits per heavy atom. The van der Waals surface area contributed by atoms with Crippen LogP contribution in [0, 0.1) is 6.92 Å². The molecule has 0 aliphatic carbocycles. The molecule has 1 rings (SSSR count). The zero-order valence-electron chi connectivity index (χ0n) is 15.7. The minimum atomic E-state index is -0.0592. The highest BCUT2D eigenvalue weighted by atomic mass is 16.2. The van der Waals surface area contributed by atoms with Crippen molar-refractivity contribution in [1.29, 1.82) is 0 Å². The van der Waals surface area contributed by atoms with E-state index >= 15 is 0 Å². The van der Waals surface area contributed by atoms with Gasteiger partial charge in [0.05, 0.1) is 0 Å². The monoisotopic (exact) mass is 333 g/mol. The van der Waals surface area contributed by atoms with Crippen molar-refractivity contribution in [2.45, 2.75) is 47.5 Å². The summed E-state index contributed by atoms with van der Waals surface area (Å²) in [4.78, 5) is 27.7. The van der Waals surface area contributed by atoms with Crippen molar-refractivity contribution >= 4 is 23.2 Å². The van der Waals surface area contributed by atoms with Crippen molar-refractivity contribution in [1.82, 2.24) is 4.90 Å². The van der Waals surface area contributed by atoms with Gasteiger partial charge >= 0.3 is 0 Å². The Hall–Kier alpha value is -2.04. The molecule has 1 N–H and O–H groups in total. The third kappa shape index (κ3) is 5.87. The smallest absolute Gasteiger partial charge is 0.226 e. The Morgan fingerprint density at radius 2 is 1.75 bits per heavy atom. The molecule has 0 bridgehead atoms. The van der Waals surface area contributed by atoms with Crippen LogP contribution in [0.5, 0.6) is 0 Å². The average Bonchev–Trinajstić information content (AvgIpc) is 2.54. The fraction of sp³-hybridized carbons (Fsp3) is 0.579. The second kappa shape index (κ2) is 9.96. The quantitative estimate of drug-likeness (QED) is 0.753. The van der Waals surface area contributed by atoms with E-state index in [1.165, 1.54) is 5.69 Å². The number of rotatable bonds is 9. The number of amides is 2. The zero-order valence-corrected chi connectivity index (χ0v) is 15.7. The Bertz CT molecular complexity index is 554. The van der Waals surface area contributed by atoms with Gasteiger partial charge in [-0.25, -0.2) is 0 Å². The van der Waals surface area contributed by atoms with Gasteiger partial charge in [0, 0.05) is 50.9 Å². The summed E-state index contributed by atoms with van der Waals surface area (Å²) in [5.41, 5.74) is 3.05. The van der Waals surface area contributed by atoms with Gasteiger partial charge in [-0.2, -0.15) is 0 Å². The highest BCUT2D eigenvalue weighted by Gasteiger charge is 2.12. The number of carbonyl (C=O) groups is 2. The molecule has 5 heteroatoms. The van der Waals surface area contributed by atoms with Gasteiger partial charge in [-0.05, 0) is 51.0 Å². The number of aryl methyl sites for hydroxylation is 1. The third-order valence-corrected chi connectivity index (χ3v) is 4.16. The number of nitrogens with one attached hydrogen (secondary N) is 1. The normalized spacial score (nSPS) is 10.4. The second-order valence-electron chi connectivity index (χ2n) is 5.98. The summed E-state index contributed by atoms with van der Waals surface area (Å²) in [5, 5.41) is 2.95. The lowest BCUT2D eigenvalue weighted by molar-refractivity contribution is -0.129. The average molecular weight is 333 g/mol. The molecule has 134 valence electrons. The predicted molar refractivity (Wildman–Crippen MR) is 101 cm³/mol. The van der Waals surface area contributed by atoms with Gasteiger partial charge in [0.15, 0.2) is 0 Å². The molecule has 0 fully saturated rings. The third-order valence-electron chi connectivity index (χ3n) is 4.16. The fourth-order valence-corrected chi connectivity index (χ4v) is 2.72.